The van der Waals surface area contributed by atoms with E-state index in [0.717, 1.165) is 24.3 Å². The fourth-order valence-electron chi connectivity index (χ4n) is 2.51. The van der Waals surface area contributed by atoms with Crippen LogP contribution in [0.1, 0.15) is 45.1 Å². The molecular weight excluding hydrogens is 280 g/mol. The monoisotopic (exact) mass is 306 g/mol. The van der Waals surface area contributed by atoms with Gasteiger partial charge in [0.05, 0.1) is 5.75 Å². The van der Waals surface area contributed by atoms with Crippen LogP contribution >= 0.6 is 11.8 Å². The van der Waals surface area contributed by atoms with Crippen molar-refractivity contribution in [3.05, 3.63) is 29.8 Å². The number of hydrogen-bond acceptors (Lipinski definition) is 3. The summed E-state index contributed by atoms with van der Waals surface area (Å²) in [6.07, 6.45) is 4.80. The lowest BCUT2D eigenvalue weighted by atomic mass is 10.2. The van der Waals surface area contributed by atoms with Gasteiger partial charge in [-0.15, -0.1) is 11.8 Å². The number of benzene rings is 1. The maximum absolute atomic E-state index is 11.9. The second-order valence-electron chi connectivity index (χ2n) is 6.02. The van der Waals surface area contributed by atoms with Gasteiger partial charge in [0.15, 0.2) is 0 Å². The average Bonchev–Trinajstić information content (AvgIpc) is 2.97. The van der Waals surface area contributed by atoms with Crippen LogP contribution in [0.2, 0.25) is 0 Å². The van der Waals surface area contributed by atoms with Crippen LogP contribution < -0.4 is 10.6 Å². The first-order valence-corrected chi connectivity index (χ1v) is 8.86. The van der Waals surface area contributed by atoms with Crippen molar-refractivity contribution < 1.29 is 4.79 Å². The van der Waals surface area contributed by atoms with Gasteiger partial charge < -0.3 is 10.6 Å². The second-order valence-corrected chi connectivity index (χ2v) is 7.07. The quantitative estimate of drug-likeness (QED) is 0.759. The Balaban J connectivity index is 1.71. The molecule has 1 saturated carbocycles. The van der Waals surface area contributed by atoms with Gasteiger partial charge in [0.25, 0.3) is 0 Å². The highest BCUT2D eigenvalue weighted by atomic mass is 32.2. The van der Waals surface area contributed by atoms with Crippen molar-refractivity contribution >= 4 is 17.7 Å². The molecule has 1 aliphatic rings. The molecule has 0 aliphatic heterocycles. The van der Waals surface area contributed by atoms with Crippen LogP contribution in [0.3, 0.4) is 0 Å². The number of carbonyl (C=O) groups excluding carboxylic acids is 1. The predicted octanol–water partition coefficient (Wildman–Crippen LogP) is 3.34. The maximum Gasteiger partial charge on any atom is 0.230 e. The number of rotatable bonds is 7. The Morgan fingerprint density at radius 1 is 1.24 bits per heavy atom. The minimum Gasteiger partial charge on any atom is -0.353 e. The van der Waals surface area contributed by atoms with Crippen molar-refractivity contribution in [2.45, 2.75) is 63.1 Å². The van der Waals surface area contributed by atoms with Gasteiger partial charge in [-0.2, -0.15) is 0 Å². The van der Waals surface area contributed by atoms with E-state index >= 15 is 0 Å². The number of amides is 1. The van der Waals surface area contributed by atoms with Gasteiger partial charge in [-0.3, -0.25) is 4.79 Å². The zero-order valence-corrected chi connectivity index (χ0v) is 13.8. The lowest BCUT2D eigenvalue weighted by Crippen LogP contribution is -2.33. The summed E-state index contributed by atoms with van der Waals surface area (Å²) in [5.74, 6) is 0.678. The molecule has 2 N–H and O–H groups in total. The number of nitrogens with one attached hydrogen (secondary N) is 2. The van der Waals surface area contributed by atoms with E-state index in [-0.39, 0.29) is 5.91 Å². The first kappa shape index (κ1) is 16.4. The fourth-order valence-corrected chi connectivity index (χ4v) is 3.22. The minimum atomic E-state index is 0.164. The molecule has 116 valence electrons. The lowest BCUT2D eigenvalue weighted by Gasteiger charge is -2.12. The fraction of sp³-hybridized carbons (Fsp3) is 0.588. The van der Waals surface area contributed by atoms with Gasteiger partial charge >= 0.3 is 0 Å². The predicted molar refractivity (Wildman–Crippen MR) is 89.5 cm³/mol. The average molecular weight is 306 g/mol. The molecule has 0 saturated heterocycles. The molecule has 0 bridgehead atoms. The smallest absolute Gasteiger partial charge is 0.230 e. The number of carbonyl (C=O) groups is 1. The summed E-state index contributed by atoms with van der Waals surface area (Å²) in [4.78, 5) is 13.0. The molecule has 3 nitrogen and oxygen atoms in total. The molecular formula is C17H26N2OS. The van der Waals surface area contributed by atoms with Crippen molar-refractivity contribution in [2.24, 2.45) is 0 Å². The van der Waals surface area contributed by atoms with Gasteiger partial charge in [0.1, 0.15) is 0 Å². The van der Waals surface area contributed by atoms with E-state index < -0.39 is 0 Å². The summed E-state index contributed by atoms with van der Waals surface area (Å²) < 4.78 is 0. The zero-order valence-electron chi connectivity index (χ0n) is 13.0. The molecule has 1 fully saturated rings. The van der Waals surface area contributed by atoms with Gasteiger partial charge in [0, 0.05) is 23.5 Å². The highest BCUT2D eigenvalue weighted by molar-refractivity contribution is 8.00. The first-order chi connectivity index (χ1) is 10.1. The molecule has 21 heavy (non-hydrogen) atoms. The summed E-state index contributed by atoms with van der Waals surface area (Å²) in [7, 11) is 0. The lowest BCUT2D eigenvalue weighted by molar-refractivity contribution is -0.119. The largest absolute Gasteiger partial charge is 0.353 e. The minimum absolute atomic E-state index is 0.164. The number of hydrogen-bond donors (Lipinski definition) is 2. The summed E-state index contributed by atoms with van der Waals surface area (Å²) in [5.41, 5.74) is 1.28. The van der Waals surface area contributed by atoms with Crippen LogP contribution in [0, 0.1) is 0 Å². The van der Waals surface area contributed by atoms with E-state index in [1.807, 2.05) is 0 Å². The van der Waals surface area contributed by atoms with Crippen molar-refractivity contribution in [3.63, 3.8) is 0 Å². The summed E-state index contributed by atoms with van der Waals surface area (Å²) >= 11 is 1.61. The number of thioether (sulfide) groups is 1. The molecule has 0 aromatic heterocycles. The van der Waals surface area contributed by atoms with Crippen LogP contribution in [0.15, 0.2) is 29.2 Å². The van der Waals surface area contributed by atoms with Gasteiger partial charge in [-0.05, 0) is 30.5 Å². The van der Waals surface area contributed by atoms with E-state index in [9.17, 15) is 4.79 Å². The highest BCUT2D eigenvalue weighted by Crippen LogP contribution is 2.20. The second kappa shape index (κ2) is 8.44. The molecule has 1 aromatic carbocycles. The van der Waals surface area contributed by atoms with Gasteiger partial charge in [-0.1, -0.05) is 38.8 Å². The Morgan fingerprint density at radius 2 is 1.90 bits per heavy atom. The molecule has 4 heteroatoms. The van der Waals surface area contributed by atoms with Crippen molar-refractivity contribution in [2.75, 3.05) is 5.75 Å². The van der Waals surface area contributed by atoms with Crippen LogP contribution in [0.25, 0.3) is 0 Å². The maximum atomic E-state index is 11.9. The Hall–Kier alpha value is -1.00. The molecule has 1 aliphatic carbocycles. The van der Waals surface area contributed by atoms with E-state index in [0.29, 0.717) is 17.8 Å². The molecule has 0 radical (unpaired) electrons. The summed E-state index contributed by atoms with van der Waals surface area (Å²) in [6.45, 7) is 5.19. The van der Waals surface area contributed by atoms with E-state index in [1.54, 1.807) is 11.8 Å². The molecule has 0 spiro atoms. The van der Waals surface area contributed by atoms with Crippen LogP contribution in [-0.4, -0.2) is 23.7 Å². The van der Waals surface area contributed by atoms with Crippen LogP contribution in [0.5, 0.6) is 0 Å². The highest BCUT2D eigenvalue weighted by Gasteiger charge is 2.16. The normalized spacial score (nSPS) is 15.6. The Kier molecular flexibility index (Phi) is 6.58. The molecule has 1 aromatic rings. The van der Waals surface area contributed by atoms with E-state index in [1.165, 1.54) is 18.4 Å². The third-order valence-electron chi connectivity index (χ3n) is 3.73. The first-order valence-electron chi connectivity index (χ1n) is 7.88. The Labute approximate surface area is 132 Å². The van der Waals surface area contributed by atoms with E-state index in [4.69, 9.17) is 0 Å². The molecule has 2 rings (SSSR count). The molecule has 0 unspecified atom stereocenters. The molecule has 1 amide bonds. The topological polar surface area (TPSA) is 41.1 Å². The van der Waals surface area contributed by atoms with E-state index in [2.05, 4.69) is 48.7 Å². The van der Waals surface area contributed by atoms with Crippen LogP contribution in [0.4, 0.5) is 0 Å². The zero-order chi connectivity index (χ0) is 15.1. The summed E-state index contributed by atoms with van der Waals surface area (Å²) in [5, 5.41) is 6.52. The Bertz CT molecular complexity index is 439. The third-order valence-corrected chi connectivity index (χ3v) is 4.74. The standard InChI is InChI=1S/C17H26N2OS/c1-13(2)18-11-14-7-9-16(10-8-14)21-12-17(20)19-15-5-3-4-6-15/h7-10,13,15,18H,3-6,11-12H2,1-2H3,(H,19,20). The van der Waals surface area contributed by atoms with Crippen molar-refractivity contribution in [3.8, 4) is 0 Å². The molecule has 0 atom stereocenters. The van der Waals surface area contributed by atoms with Gasteiger partial charge in [0.2, 0.25) is 5.91 Å². The van der Waals surface area contributed by atoms with Crippen LogP contribution in [-0.2, 0) is 11.3 Å². The summed E-state index contributed by atoms with van der Waals surface area (Å²) in [6, 6.07) is 9.38. The SMILES string of the molecule is CC(C)NCc1ccc(SCC(=O)NC2CCCC2)cc1. The van der Waals surface area contributed by atoms with Gasteiger partial charge in [-0.25, -0.2) is 0 Å². The van der Waals surface area contributed by atoms with Crippen molar-refractivity contribution in [1.29, 1.82) is 0 Å². The third kappa shape index (κ3) is 6.10. The Morgan fingerprint density at radius 3 is 2.52 bits per heavy atom. The van der Waals surface area contributed by atoms with Crippen molar-refractivity contribution in [1.82, 2.24) is 10.6 Å². The molecule has 0 heterocycles.